The van der Waals surface area contributed by atoms with Crippen molar-refractivity contribution in [2.75, 3.05) is 38.7 Å². The van der Waals surface area contributed by atoms with Crippen LogP contribution in [-0.2, 0) is 4.74 Å². The summed E-state index contributed by atoms with van der Waals surface area (Å²) < 4.78 is 17.4. The third kappa shape index (κ3) is 4.42. The maximum Gasteiger partial charge on any atom is 0.255 e. The number of carbonyl (C=O) groups excluding carboxylic acids is 1. The molecule has 2 heterocycles. The van der Waals surface area contributed by atoms with Crippen molar-refractivity contribution in [3.8, 4) is 5.75 Å². The van der Waals surface area contributed by atoms with Gasteiger partial charge in [0, 0.05) is 24.0 Å². The van der Waals surface area contributed by atoms with Crippen molar-refractivity contribution in [2.24, 2.45) is 0 Å². The molecule has 6 heteroatoms. The van der Waals surface area contributed by atoms with Gasteiger partial charge in [0.15, 0.2) is 0 Å². The van der Waals surface area contributed by atoms with Crippen LogP contribution < -0.4 is 10.1 Å². The molecule has 1 aromatic heterocycles. The number of rotatable bonds is 6. The molecule has 3 aromatic carbocycles. The Morgan fingerprint density at radius 1 is 0.971 bits per heavy atom. The number of morpholine rings is 1. The summed E-state index contributed by atoms with van der Waals surface area (Å²) in [7, 11) is 1.66. The van der Waals surface area contributed by atoms with Gasteiger partial charge in [-0.3, -0.25) is 9.69 Å². The molecule has 0 aliphatic carbocycles. The van der Waals surface area contributed by atoms with E-state index in [1.54, 1.807) is 7.11 Å². The van der Waals surface area contributed by atoms with E-state index < -0.39 is 0 Å². The molecule has 1 aliphatic rings. The maximum atomic E-state index is 13.2. The molecular formula is C28H28N2O4. The van der Waals surface area contributed by atoms with Crippen molar-refractivity contribution in [1.82, 2.24) is 4.90 Å². The molecule has 6 nitrogen and oxygen atoms in total. The Morgan fingerprint density at radius 2 is 1.68 bits per heavy atom. The number of para-hydroxylation sites is 1. The zero-order valence-corrected chi connectivity index (χ0v) is 19.4. The Morgan fingerprint density at radius 3 is 2.38 bits per heavy atom. The van der Waals surface area contributed by atoms with Crippen LogP contribution in [0.15, 0.2) is 77.2 Å². The summed E-state index contributed by atoms with van der Waals surface area (Å²) in [6.07, 6.45) is 0. The molecule has 34 heavy (non-hydrogen) atoms. The van der Waals surface area contributed by atoms with Crippen molar-refractivity contribution in [3.05, 3.63) is 95.2 Å². The second kappa shape index (κ2) is 9.71. The number of hydrogen-bond donors (Lipinski definition) is 1. The molecule has 0 spiro atoms. The molecule has 1 amide bonds. The van der Waals surface area contributed by atoms with Crippen LogP contribution in [0.2, 0.25) is 0 Å². The van der Waals surface area contributed by atoms with E-state index in [1.807, 2.05) is 67.6 Å². The molecular weight excluding hydrogens is 428 g/mol. The zero-order chi connectivity index (χ0) is 23.5. The number of fused-ring (bicyclic) bond motifs is 1. The highest BCUT2D eigenvalue weighted by molar-refractivity contribution is 6.09. The van der Waals surface area contributed by atoms with Gasteiger partial charge in [-0.2, -0.15) is 0 Å². The predicted octanol–water partition coefficient (Wildman–Crippen LogP) is 5.42. The Bertz CT molecular complexity index is 1270. The van der Waals surface area contributed by atoms with Crippen LogP contribution in [0.1, 0.15) is 33.3 Å². The van der Waals surface area contributed by atoms with Gasteiger partial charge in [0.1, 0.15) is 17.1 Å². The van der Waals surface area contributed by atoms with Gasteiger partial charge in [0.05, 0.1) is 32.1 Å². The van der Waals surface area contributed by atoms with E-state index in [1.165, 1.54) is 0 Å². The molecule has 4 aromatic rings. The van der Waals surface area contributed by atoms with Gasteiger partial charge in [-0.25, -0.2) is 0 Å². The molecule has 0 radical (unpaired) electrons. The molecule has 0 unspecified atom stereocenters. The fraction of sp³-hybridized carbons (Fsp3) is 0.250. The van der Waals surface area contributed by atoms with E-state index in [4.69, 9.17) is 13.9 Å². The molecule has 0 saturated carbocycles. The van der Waals surface area contributed by atoms with Gasteiger partial charge in [0.25, 0.3) is 5.91 Å². The summed E-state index contributed by atoms with van der Waals surface area (Å²) in [5.41, 5.74) is 4.22. The van der Waals surface area contributed by atoms with Crippen molar-refractivity contribution < 1.29 is 18.7 Å². The highest BCUT2D eigenvalue weighted by atomic mass is 16.5. The van der Waals surface area contributed by atoms with Gasteiger partial charge in [0.2, 0.25) is 0 Å². The lowest BCUT2D eigenvalue weighted by Gasteiger charge is -2.34. The largest absolute Gasteiger partial charge is 0.497 e. The fourth-order valence-electron chi connectivity index (χ4n) is 4.43. The smallest absolute Gasteiger partial charge is 0.255 e. The van der Waals surface area contributed by atoms with Crippen LogP contribution in [0.4, 0.5) is 5.69 Å². The molecule has 1 atom stereocenters. The molecule has 5 rings (SSSR count). The second-order valence-electron chi connectivity index (χ2n) is 8.48. The quantitative estimate of drug-likeness (QED) is 0.420. The lowest BCUT2D eigenvalue weighted by Crippen LogP contribution is -2.39. The molecule has 1 aliphatic heterocycles. The number of nitrogens with one attached hydrogen (secondary N) is 1. The summed E-state index contributed by atoms with van der Waals surface area (Å²) in [5, 5.41) is 4.05. The number of nitrogens with zero attached hydrogens (tertiary/aromatic N) is 1. The molecule has 0 bridgehead atoms. The van der Waals surface area contributed by atoms with Gasteiger partial charge in [-0.1, -0.05) is 42.0 Å². The number of aryl methyl sites for hydroxylation is 1. The number of carbonyl (C=O) groups is 1. The highest BCUT2D eigenvalue weighted by Crippen LogP contribution is 2.41. The average Bonchev–Trinajstić information content (AvgIpc) is 3.23. The van der Waals surface area contributed by atoms with E-state index in [-0.39, 0.29) is 11.9 Å². The Balaban J connectivity index is 1.61. The first-order valence-corrected chi connectivity index (χ1v) is 11.5. The van der Waals surface area contributed by atoms with Crippen LogP contribution in [0.5, 0.6) is 5.75 Å². The Labute approximate surface area is 199 Å². The molecule has 174 valence electrons. The standard InChI is InChI=1S/C28H28N2O4/c1-19-7-9-21(10-8-19)28(31)29-25-23-5-3-4-6-24(23)34-27(25)26(30-15-17-33-18-16-30)20-11-13-22(32-2)14-12-20/h3-14,26H,15-18H2,1-2H3,(H,29,31)/t26-/m0/s1. The summed E-state index contributed by atoms with van der Waals surface area (Å²) in [4.78, 5) is 15.6. The van der Waals surface area contributed by atoms with Gasteiger partial charge < -0.3 is 19.2 Å². The first kappa shape index (κ1) is 22.2. The number of ether oxygens (including phenoxy) is 2. The van der Waals surface area contributed by atoms with Crippen LogP contribution in [0, 0.1) is 6.92 Å². The summed E-state index contributed by atoms with van der Waals surface area (Å²) in [5.74, 6) is 1.35. The second-order valence-corrected chi connectivity index (χ2v) is 8.48. The summed E-state index contributed by atoms with van der Waals surface area (Å²) in [6, 6.07) is 23.2. The summed E-state index contributed by atoms with van der Waals surface area (Å²) >= 11 is 0. The van der Waals surface area contributed by atoms with Crippen molar-refractivity contribution >= 4 is 22.6 Å². The number of amides is 1. The number of hydrogen-bond acceptors (Lipinski definition) is 5. The number of furan rings is 1. The third-order valence-corrected chi connectivity index (χ3v) is 6.27. The van der Waals surface area contributed by atoms with Crippen LogP contribution >= 0.6 is 0 Å². The van der Waals surface area contributed by atoms with Crippen LogP contribution in [0.25, 0.3) is 11.0 Å². The van der Waals surface area contributed by atoms with E-state index in [0.717, 1.165) is 40.9 Å². The SMILES string of the molecule is COc1ccc([C@@H](c2oc3ccccc3c2NC(=O)c2ccc(C)cc2)N2CCOCC2)cc1. The van der Waals surface area contributed by atoms with Gasteiger partial charge >= 0.3 is 0 Å². The minimum atomic E-state index is -0.185. The monoisotopic (exact) mass is 456 g/mol. The van der Waals surface area contributed by atoms with Crippen LogP contribution in [0.3, 0.4) is 0 Å². The van der Waals surface area contributed by atoms with Crippen molar-refractivity contribution in [1.29, 1.82) is 0 Å². The minimum absolute atomic E-state index is 0.164. The number of methoxy groups -OCH3 is 1. The molecule has 1 fully saturated rings. The Kier molecular flexibility index (Phi) is 6.34. The van der Waals surface area contributed by atoms with Crippen molar-refractivity contribution in [3.63, 3.8) is 0 Å². The first-order valence-electron chi connectivity index (χ1n) is 11.5. The zero-order valence-electron chi connectivity index (χ0n) is 19.4. The third-order valence-electron chi connectivity index (χ3n) is 6.27. The molecule has 1 saturated heterocycles. The van der Waals surface area contributed by atoms with E-state index in [9.17, 15) is 4.79 Å². The summed E-state index contributed by atoms with van der Waals surface area (Å²) in [6.45, 7) is 4.83. The van der Waals surface area contributed by atoms with E-state index in [2.05, 4.69) is 22.3 Å². The van der Waals surface area contributed by atoms with Crippen LogP contribution in [-0.4, -0.2) is 44.2 Å². The molecule has 1 N–H and O–H groups in total. The fourth-order valence-corrected chi connectivity index (χ4v) is 4.43. The first-order chi connectivity index (χ1) is 16.6. The van der Waals surface area contributed by atoms with E-state index in [0.29, 0.717) is 30.2 Å². The van der Waals surface area contributed by atoms with E-state index >= 15 is 0 Å². The Hall–Kier alpha value is -3.61. The van der Waals surface area contributed by atoms with Gasteiger partial charge in [-0.15, -0.1) is 0 Å². The predicted molar refractivity (Wildman–Crippen MR) is 133 cm³/mol. The topological polar surface area (TPSA) is 63.9 Å². The van der Waals surface area contributed by atoms with Crippen molar-refractivity contribution in [2.45, 2.75) is 13.0 Å². The normalized spacial score (nSPS) is 15.2. The minimum Gasteiger partial charge on any atom is -0.497 e. The number of benzene rings is 3. The number of anilines is 1. The lowest BCUT2D eigenvalue weighted by atomic mass is 10.00. The lowest BCUT2D eigenvalue weighted by molar-refractivity contribution is 0.0206. The highest BCUT2D eigenvalue weighted by Gasteiger charge is 2.31. The maximum absolute atomic E-state index is 13.2. The van der Waals surface area contributed by atoms with Gasteiger partial charge in [-0.05, 0) is 48.9 Å². The average molecular weight is 457 g/mol.